The van der Waals surface area contributed by atoms with E-state index in [4.69, 9.17) is 5.73 Å². The van der Waals surface area contributed by atoms with E-state index in [1.54, 1.807) is 16.8 Å². The number of hydrogen-bond acceptors (Lipinski definition) is 5. The molecule has 1 aliphatic heterocycles. The highest BCUT2D eigenvalue weighted by Crippen LogP contribution is 2.37. The molecular weight excluding hydrogens is 208 g/mol. The van der Waals surface area contributed by atoms with Gasteiger partial charge in [0.15, 0.2) is 0 Å². The van der Waals surface area contributed by atoms with Crippen molar-refractivity contribution < 1.29 is 0 Å². The van der Waals surface area contributed by atoms with Gasteiger partial charge in [-0.25, -0.2) is 0 Å². The van der Waals surface area contributed by atoms with Crippen LogP contribution < -0.4 is 10.6 Å². The van der Waals surface area contributed by atoms with Crippen LogP contribution in [0.3, 0.4) is 0 Å². The molecule has 0 aromatic carbocycles. The summed E-state index contributed by atoms with van der Waals surface area (Å²) >= 11 is 1.63. The van der Waals surface area contributed by atoms with Gasteiger partial charge in [0.05, 0.1) is 0 Å². The summed E-state index contributed by atoms with van der Waals surface area (Å²) in [6.07, 6.45) is 3.84. The van der Waals surface area contributed by atoms with Gasteiger partial charge >= 0.3 is 0 Å². The SMILES string of the molecule is NC1CCCC2CN(c3nncs3)CC12. The quantitative estimate of drug-likeness (QED) is 0.776. The van der Waals surface area contributed by atoms with Crippen molar-refractivity contribution in [1.29, 1.82) is 0 Å². The minimum atomic E-state index is 0.404. The molecule has 0 spiro atoms. The van der Waals surface area contributed by atoms with Crippen molar-refractivity contribution in [3.05, 3.63) is 5.51 Å². The Morgan fingerprint density at radius 2 is 2.33 bits per heavy atom. The third-order valence-corrected chi connectivity index (χ3v) is 4.52. The fourth-order valence-electron chi connectivity index (χ4n) is 2.98. The molecule has 5 heteroatoms. The van der Waals surface area contributed by atoms with Gasteiger partial charge in [-0.05, 0) is 24.7 Å². The van der Waals surface area contributed by atoms with Crippen LogP contribution in [0, 0.1) is 11.8 Å². The van der Waals surface area contributed by atoms with Crippen molar-refractivity contribution >= 4 is 16.5 Å². The smallest absolute Gasteiger partial charge is 0.208 e. The zero-order valence-corrected chi connectivity index (χ0v) is 9.49. The van der Waals surface area contributed by atoms with Crippen LogP contribution in [-0.4, -0.2) is 29.3 Å². The van der Waals surface area contributed by atoms with Crippen LogP contribution in [0.4, 0.5) is 5.13 Å². The average Bonchev–Trinajstić information content (AvgIpc) is 2.86. The largest absolute Gasteiger partial charge is 0.346 e. The fourth-order valence-corrected chi connectivity index (χ4v) is 3.56. The molecule has 15 heavy (non-hydrogen) atoms. The van der Waals surface area contributed by atoms with Gasteiger partial charge in [-0.2, -0.15) is 0 Å². The lowest BCUT2D eigenvalue weighted by Crippen LogP contribution is -2.38. The molecular formula is C10H16N4S. The Morgan fingerprint density at radius 1 is 1.40 bits per heavy atom. The first-order valence-electron chi connectivity index (χ1n) is 5.61. The fraction of sp³-hybridized carbons (Fsp3) is 0.800. The van der Waals surface area contributed by atoms with Crippen molar-refractivity contribution in [2.24, 2.45) is 17.6 Å². The van der Waals surface area contributed by atoms with Crippen LogP contribution in [-0.2, 0) is 0 Å². The molecule has 4 nitrogen and oxygen atoms in total. The molecule has 3 atom stereocenters. The summed E-state index contributed by atoms with van der Waals surface area (Å²) in [7, 11) is 0. The molecule has 1 aliphatic carbocycles. The average molecular weight is 224 g/mol. The second kappa shape index (κ2) is 3.72. The Bertz CT molecular complexity index is 326. The van der Waals surface area contributed by atoms with E-state index in [0.717, 1.165) is 24.1 Å². The van der Waals surface area contributed by atoms with Crippen molar-refractivity contribution in [3.8, 4) is 0 Å². The first kappa shape index (κ1) is 9.54. The van der Waals surface area contributed by atoms with Gasteiger partial charge in [0.2, 0.25) is 5.13 Å². The molecule has 0 amide bonds. The van der Waals surface area contributed by atoms with E-state index in [9.17, 15) is 0 Å². The van der Waals surface area contributed by atoms with E-state index < -0.39 is 0 Å². The zero-order valence-electron chi connectivity index (χ0n) is 8.67. The summed E-state index contributed by atoms with van der Waals surface area (Å²) in [5, 5.41) is 9.10. The monoisotopic (exact) mass is 224 g/mol. The third kappa shape index (κ3) is 1.63. The zero-order chi connectivity index (χ0) is 10.3. The number of nitrogens with two attached hydrogens (primary N) is 1. The molecule has 2 heterocycles. The van der Waals surface area contributed by atoms with Crippen LogP contribution in [0.15, 0.2) is 5.51 Å². The van der Waals surface area contributed by atoms with Gasteiger partial charge in [0.1, 0.15) is 5.51 Å². The van der Waals surface area contributed by atoms with Gasteiger partial charge in [0, 0.05) is 19.1 Å². The predicted molar refractivity (Wildman–Crippen MR) is 60.9 cm³/mol. The Hall–Kier alpha value is -0.680. The Balaban J connectivity index is 1.76. The van der Waals surface area contributed by atoms with E-state index >= 15 is 0 Å². The van der Waals surface area contributed by atoms with Gasteiger partial charge in [-0.1, -0.05) is 17.8 Å². The van der Waals surface area contributed by atoms with Crippen LogP contribution in [0.2, 0.25) is 0 Å². The van der Waals surface area contributed by atoms with Crippen LogP contribution >= 0.6 is 11.3 Å². The van der Waals surface area contributed by atoms with Gasteiger partial charge in [-0.15, -0.1) is 10.2 Å². The number of fused-ring (bicyclic) bond motifs is 1. The summed E-state index contributed by atoms with van der Waals surface area (Å²) in [6, 6.07) is 0.404. The molecule has 3 unspecified atom stereocenters. The maximum absolute atomic E-state index is 6.18. The Morgan fingerprint density at radius 3 is 3.07 bits per heavy atom. The minimum Gasteiger partial charge on any atom is -0.346 e. The molecule has 0 bridgehead atoms. The molecule has 2 aliphatic rings. The van der Waals surface area contributed by atoms with Gasteiger partial charge in [0.25, 0.3) is 0 Å². The van der Waals surface area contributed by atoms with E-state index in [2.05, 4.69) is 15.1 Å². The molecule has 82 valence electrons. The molecule has 2 N–H and O–H groups in total. The van der Waals surface area contributed by atoms with E-state index in [0.29, 0.717) is 12.0 Å². The number of aromatic nitrogens is 2. The maximum atomic E-state index is 6.18. The molecule has 3 rings (SSSR count). The summed E-state index contributed by atoms with van der Waals surface area (Å²) in [4.78, 5) is 2.36. The third-order valence-electron chi connectivity index (χ3n) is 3.77. The summed E-state index contributed by atoms with van der Waals surface area (Å²) in [5.74, 6) is 1.47. The Labute approximate surface area is 93.5 Å². The summed E-state index contributed by atoms with van der Waals surface area (Å²) in [6.45, 7) is 2.22. The topological polar surface area (TPSA) is 55.0 Å². The van der Waals surface area contributed by atoms with Crippen molar-refractivity contribution in [3.63, 3.8) is 0 Å². The number of nitrogens with zero attached hydrogens (tertiary/aromatic N) is 3. The summed E-state index contributed by atoms with van der Waals surface area (Å²) in [5.41, 5.74) is 7.98. The highest BCUT2D eigenvalue weighted by molar-refractivity contribution is 7.13. The summed E-state index contributed by atoms with van der Waals surface area (Å²) < 4.78 is 0. The van der Waals surface area contributed by atoms with E-state index in [1.807, 2.05) is 0 Å². The number of hydrogen-bond donors (Lipinski definition) is 1. The molecule has 1 saturated carbocycles. The molecule has 0 radical (unpaired) electrons. The van der Waals surface area contributed by atoms with E-state index in [-0.39, 0.29) is 0 Å². The van der Waals surface area contributed by atoms with Gasteiger partial charge < -0.3 is 10.6 Å². The van der Waals surface area contributed by atoms with Crippen molar-refractivity contribution in [1.82, 2.24) is 10.2 Å². The van der Waals surface area contributed by atoms with E-state index in [1.165, 1.54) is 19.3 Å². The van der Waals surface area contributed by atoms with Crippen molar-refractivity contribution in [2.75, 3.05) is 18.0 Å². The second-order valence-corrected chi connectivity index (χ2v) is 5.46. The highest BCUT2D eigenvalue weighted by Gasteiger charge is 2.39. The lowest BCUT2D eigenvalue weighted by atomic mass is 9.78. The Kier molecular flexibility index (Phi) is 2.36. The standard InChI is InChI=1S/C10H16N4S/c11-9-3-1-2-7-4-14(5-8(7)9)10-13-12-6-15-10/h6-9H,1-5,11H2. The minimum absolute atomic E-state index is 0.404. The molecule has 1 aromatic heterocycles. The normalized spacial score (nSPS) is 35.5. The highest BCUT2D eigenvalue weighted by atomic mass is 32.1. The first-order chi connectivity index (χ1) is 7.34. The number of anilines is 1. The van der Waals surface area contributed by atoms with Crippen LogP contribution in [0.1, 0.15) is 19.3 Å². The first-order valence-corrected chi connectivity index (χ1v) is 6.49. The molecule has 2 fully saturated rings. The predicted octanol–water partition coefficient (Wildman–Crippen LogP) is 1.10. The van der Waals surface area contributed by atoms with Gasteiger partial charge in [-0.3, -0.25) is 0 Å². The maximum Gasteiger partial charge on any atom is 0.208 e. The molecule has 1 aromatic rings. The number of rotatable bonds is 1. The lowest BCUT2D eigenvalue weighted by Gasteiger charge is -2.29. The van der Waals surface area contributed by atoms with Crippen molar-refractivity contribution in [2.45, 2.75) is 25.3 Å². The lowest BCUT2D eigenvalue weighted by molar-refractivity contribution is 0.260. The van der Waals surface area contributed by atoms with Crippen LogP contribution in [0.25, 0.3) is 0 Å². The molecule has 1 saturated heterocycles. The van der Waals surface area contributed by atoms with Crippen LogP contribution in [0.5, 0.6) is 0 Å². The second-order valence-electron chi connectivity index (χ2n) is 4.64.